The van der Waals surface area contributed by atoms with Crippen molar-refractivity contribution in [2.24, 2.45) is 11.8 Å². The third kappa shape index (κ3) is 4.45. The molecule has 2 saturated heterocycles. The second kappa shape index (κ2) is 9.95. The number of nitrogens with one attached hydrogen (secondary N) is 2. The molecule has 9 heteroatoms. The summed E-state index contributed by atoms with van der Waals surface area (Å²) in [5.41, 5.74) is -0.904. The lowest BCUT2D eigenvalue weighted by atomic mass is 9.70. The predicted molar refractivity (Wildman–Crippen MR) is 149 cm³/mol. The highest BCUT2D eigenvalue weighted by molar-refractivity contribution is 6.42. The van der Waals surface area contributed by atoms with Crippen molar-refractivity contribution < 1.29 is 19.1 Å². The molecule has 2 bridgehead atoms. The number of amides is 3. The van der Waals surface area contributed by atoms with Crippen molar-refractivity contribution in [3.63, 3.8) is 0 Å². The number of carbonyl (C=O) groups excluding carboxylic acids is 3. The van der Waals surface area contributed by atoms with Crippen LogP contribution in [0.5, 0.6) is 0 Å². The standard InChI is InChI=1S/C30H31Cl2N3O4/c1-29-14-15-30(39-29)24(23(29)26(36)34-20-12-13-21(31)22(32)16-20)28(38)35(17-18-8-4-2-5-9-18)25(30)27(37)33-19-10-6-3-7-11-19/h2,4-5,8-9,12-16,19,23-25H,3,6-7,10-11,17H2,1H3,(H,33,37)(H,34,36). The van der Waals surface area contributed by atoms with Crippen LogP contribution in [0.25, 0.3) is 0 Å². The molecule has 2 N–H and O–H groups in total. The van der Waals surface area contributed by atoms with Gasteiger partial charge in [0.05, 0.1) is 27.5 Å². The highest BCUT2D eigenvalue weighted by atomic mass is 35.5. The summed E-state index contributed by atoms with van der Waals surface area (Å²) in [6.07, 6.45) is 8.83. The number of hydrogen-bond acceptors (Lipinski definition) is 4. The van der Waals surface area contributed by atoms with Crippen LogP contribution < -0.4 is 10.6 Å². The number of carbonyl (C=O) groups is 3. The molecule has 204 valence electrons. The molecule has 5 atom stereocenters. The van der Waals surface area contributed by atoms with Gasteiger partial charge >= 0.3 is 0 Å². The number of ether oxygens (including phenoxy) is 1. The van der Waals surface area contributed by atoms with E-state index in [0.29, 0.717) is 15.7 Å². The molecule has 3 aliphatic heterocycles. The first kappa shape index (κ1) is 26.4. The molecule has 39 heavy (non-hydrogen) atoms. The SMILES string of the molecule is CC12C=CC3(O1)C(C(=O)N(Cc1ccccc1)C3C(=O)NC1CCCCC1)C2C(=O)Nc1ccc(Cl)c(Cl)c1. The van der Waals surface area contributed by atoms with E-state index in [1.54, 1.807) is 30.0 Å². The van der Waals surface area contributed by atoms with E-state index >= 15 is 0 Å². The minimum Gasteiger partial charge on any atom is -0.356 e. The number of rotatable bonds is 6. The third-order valence-electron chi connectivity index (χ3n) is 8.66. The molecule has 1 aliphatic carbocycles. The molecule has 2 aromatic rings. The molecule has 0 radical (unpaired) electrons. The molecule has 4 aliphatic rings. The van der Waals surface area contributed by atoms with Gasteiger partial charge in [0.15, 0.2) is 0 Å². The summed E-state index contributed by atoms with van der Waals surface area (Å²) in [4.78, 5) is 43.6. The largest absolute Gasteiger partial charge is 0.356 e. The number of fused-ring (bicyclic) bond motifs is 1. The van der Waals surface area contributed by atoms with Gasteiger partial charge in [0.25, 0.3) is 0 Å². The van der Waals surface area contributed by atoms with Crippen LogP contribution in [-0.2, 0) is 25.7 Å². The normalized spacial score (nSPS) is 31.4. The van der Waals surface area contributed by atoms with Crippen molar-refractivity contribution in [2.75, 3.05) is 5.32 Å². The van der Waals surface area contributed by atoms with E-state index in [0.717, 1.165) is 31.2 Å². The number of benzene rings is 2. The van der Waals surface area contributed by atoms with E-state index in [4.69, 9.17) is 27.9 Å². The summed E-state index contributed by atoms with van der Waals surface area (Å²) in [6, 6.07) is 13.6. The topological polar surface area (TPSA) is 87.7 Å². The average molecular weight is 569 g/mol. The van der Waals surface area contributed by atoms with E-state index in [9.17, 15) is 14.4 Å². The summed E-state index contributed by atoms with van der Waals surface area (Å²) >= 11 is 12.2. The van der Waals surface area contributed by atoms with Gasteiger partial charge in [0, 0.05) is 18.3 Å². The Balaban J connectivity index is 1.35. The fourth-order valence-corrected chi connectivity index (χ4v) is 7.20. The van der Waals surface area contributed by atoms with Crippen molar-refractivity contribution in [3.8, 4) is 0 Å². The van der Waals surface area contributed by atoms with Gasteiger partial charge in [0.2, 0.25) is 17.7 Å². The Kier molecular flexibility index (Phi) is 6.72. The Morgan fingerprint density at radius 2 is 1.74 bits per heavy atom. The summed E-state index contributed by atoms with van der Waals surface area (Å²) in [5, 5.41) is 6.81. The number of hydrogen-bond donors (Lipinski definition) is 2. The molecule has 7 nitrogen and oxygen atoms in total. The van der Waals surface area contributed by atoms with Crippen LogP contribution in [0.1, 0.15) is 44.6 Å². The first-order valence-corrected chi connectivity index (χ1v) is 14.3. The zero-order chi connectivity index (χ0) is 27.4. The lowest BCUT2D eigenvalue weighted by Gasteiger charge is -2.34. The average Bonchev–Trinajstić information content (AvgIpc) is 3.48. The summed E-state index contributed by atoms with van der Waals surface area (Å²) in [5.74, 6) is -2.54. The first-order valence-electron chi connectivity index (χ1n) is 13.5. The Morgan fingerprint density at radius 1 is 1.00 bits per heavy atom. The van der Waals surface area contributed by atoms with Crippen LogP contribution in [0.4, 0.5) is 5.69 Å². The molecular weight excluding hydrogens is 537 g/mol. The van der Waals surface area contributed by atoms with Gasteiger partial charge in [-0.3, -0.25) is 14.4 Å². The van der Waals surface area contributed by atoms with Gasteiger partial charge < -0.3 is 20.3 Å². The van der Waals surface area contributed by atoms with E-state index in [1.165, 1.54) is 6.42 Å². The van der Waals surface area contributed by atoms with E-state index in [1.807, 2.05) is 42.5 Å². The minimum absolute atomic E-state index is 0.0716. The molecule has 3 fully saturated rings. The van der Waals surface area contributed by atoms with Crippen LogP contribution >= 0.6 is 23.2 Å². The molecule has 3 heterocycles. The zero-order valence-electron chi connectivity index (χ0n) is 21.7. The van der Waals surface area contributed by atoms with Crippen LogP contribution in [0, 0.1) is 11.8 Å². The molecule has 3 amide bonds. The van der Waals surface area contributed by atoms with E-state index < -0.39 is 29.1 Å². The highest BCUT2D eigenvalue weighted by Gasteiger charge is 2.76. The van der Waals surface area contributed by atoms with Crippen LogP contribution in [0.15, 0.2) is 60.7 Å². The number of anilines is 1. The van der Waals surface area contributed by atoms with Gasteiger partial charge in [-0.1, -0.05) is 84.9 Å². The second-order valence-corrected chi connectivity index (χ2v) is 12.1. The molecule has 1 spiro atoms. The van der Waals surface area contributed by atoms with Crippen molar-refractivity contribution in [2.45, 2.75) is 68.9 Å². The number of likely N-dealkylation sites (tertiary alicyclic amines) is 1. The van der Waals surface area contributed by atoms with Gasteiger partial charge in [0.1, 0.15) is 11.6 Å². The van der Waals surface area contributed by atoms with Crippen LogP contribution in [0.2, 0.25) is 10.0 Å². The Bertz CT molecular complexity index is 1340. The quantitative estimate of drug-likeness (QED) is 0.474. The van der Waals surface area contributed by atoms with E-state index in [-0.39, 0.29) is 30.3 Å². The minimum atomic E-state index is -1.24. The smallest absolute Gasteiger partial charge is 0.246 e. The summed E-state index contributed by atoms with van der Waals surface area (Å²) < 4.78 is 6.60. The maximum Gasteiger partial charge on any atom is 0.246 e. The third-order valence-corrected chi connectivity index (χ3v) is 9.40. The zero-order valence-corrected chi connectivity index (χ0v) is 23.2. The van der Waals surface area contributed by atoms with Crippen molar-refractivity contribution >= 4 is 46.6 Å². The molecule has 5 unspecified atom stereocenters. The van der Waals surface area contributed by atoms with Gasteiger partial charge in [-0.2, -0.15) is 0 Å². The van der Waals surface area contributed by atoms with Crippen molar-refractivity contribution in [1.29, 1.82) is 0 Å². The molecule has 0 aromatic heterocycles. The Labute approximate surface area is 237 Å². The molecule has 6 rings (SSSR count). The number of halogens is 2. The maximum absolute atomic E-state index is 14.2. The van der Waals surface area contributed by atoms with Crippen molar-refractivity contribution in [3.05, 3.63) is 76.3 Å². The van der Waals surface area contributed by atoms with Crippen LogP contribution in [0.3, 0.4) is 0 Å². The first-order chi connectivity index (χ1) is 18.7. The monoisotopic (exact) mass is 567 g/mol. The summed E-state index contributed by atoms with van der Waals surface area (Å²) in [7, 11) is 0. The lowest BCUT2D eigenvalue weighted by molar-refractivity contribution is -0.145. The van der Waals surface area contributed by atoms with Gasteiger partial charge in [-0.05, 0) is 43.5 Å². The second-order valence-electron chi connectivity index (χ2n) is 11.2. The van der Waals surface area contributed by atoms with Gasteiger partial charge in [-0.25, -0.2) is 0 Å². The summed E-state index contributed by atoms with van der Waals surface area (Å²) in [6.45, 7) is 2.05. The molecule has 1 saturated carbocycles. The fourth-order valence-electron chi connectivity index (χ4n) is 6.90. The maximum atomic E-state index is 14.2. The lowest BCUT2D eigenvalue weighted by Crippen LogP contribution is -2.56. The fraction of sp³-hybridized carbons (Fsp3) is 0.433. The molecule has 2 aromatic carbocycles. The Morgan fingerprint density at radius 3 is 2.46 bits per heavy atom. The van der Waals surface area contributed by atoms with Crippen LogP contribution in [-0.4, -0.2) is 45.9 Å². The Hall–Kier alpha value is -2.87. The van der Waals surface area contributed by atoms with Gasteiger partial charge in [-0.15, -0.1) is 0 Å². The van der Waals surface area contributed by atoms with E-state index in [2.05, 4.69) is 10.6 Å². The molecular formula is C30H31Cl2N3O4. The predicted octanol–water partition coefficient (Wildman–Crippen LogP) is 5.12. The highest BCUT2D eigenvalue weighted by Crippen LogP contribution is 2.60. The number of nitrogens with zero attached hydrogens (tertiary/aromatic N) is 1. The van der Waals surface area contributed by atoms with Crippen molar-refractivity contribution in [1.82, 2.24) is 10.2 Å².